The molecule has 0 saturated carbocycles. The maximum Gasteiger partial charge on any atom is 0.141 e. The number of ether oxygens (including phenoxy) is 2. The molecule has 0 heterocycles. The molecule has 0 bridgehead atoms. The summed E-state index contributed by atoms with van der Waals surface area (Å²) in [7, 11) is 3.10. The van der Waals surface area contributed by atoms with Gasteiger partial charge in [-0.3, -0.25) is 4.84 Å². The minimum atomic E-state index is 0.243. The van der Waals surface area contributed by atoms with E-state index < -0.39 is 0 Å². The molecule has 0 aliphatic carbocycles. The zero-order valence-electron chi connectivity index (χ0n) is 8.04. The van der Waals surface area contributed by atoms with Gasteiger partial charge in [-0.1, -0.05) is 11.6 Å². The third-order valence-corrected chi connectivity index (χ3v) is 2.09. The fourth-order valence-corrected chi connectivity index (χ4v) is 1.39. The second-order valence-corrected chi connectivity index (χ2v) is 3.02. The number of hydrogen-bond acceptors (Lipinski definition) is 4. The van der Waals surface area contributed by atoms with Crippen LogP contribution in [0.2, 0.25) is 5.02 Å². The van der Waals surface area contributed by atoms with Crippen molar-refractivity contribution in [2.24, 2.45) is 5.90 Å². The Kier molecular flexibility index (Phi) is 4.00. The van der Waals surface area contributed by atoms with Crippen molar-refractivity contribution in [3.63, 3.8) is 0 Å². The van der Waals surface area contributed by atoms with Crippen molar-refractivity contribution < 1.29 is 14.3 Å². The van der Waals surface area contributed by atoms with Crippen LogP contribution in [0.25, 0.3) is 0 Å². The Balaban J connectivity index is 3.10. The lowest BCUT2D eigenvalue weighted by atomic mass is 10.2. The minimum absolute atomic E-state index is 0.243. The van der Waals surface area contributed by atoms with Crippen molar-refractivity contribution in [2.45, 2.75) is 6.61 Å². The lowest BCUT2D eigenvalue weighted by Crippen LogP contribution is -2.01. The van der Waals surface area contributed by atoms with Crippen molar-refractivity contribution >= 4 is 11.6 Å². The number of rotatable bonds is 4. The summed E-state index contributed by atoms with van der Waals surface area (Å²) in [4.78, 5) is 4.52. The molecule has 0 aliphatic rings. The first-order chi connectivity index (χ1) is 6.72. The first kappa shape index (κ1) is 11.1. The third-order valence-electron chi connectivity index (χ3n) is 1.79. The van der Waals surface area contributed by atoms with Crippen molar-refractivity contribution in [1.82, 2.24) is 0 Å². The van der Waals surface area contributed by atoms with Crippen molar-refractivity contribution in [3.8, 4) is 11.5 Å². The monoisotopic (exact) mass is 217 g/mol. The van der Waals surface area contributed by atoms with Crippen LogP contribution in [0, 0.1) is 0 Å². The molecule has 14 heavy (non-hydrogen) atoms. The van der Waals surface area contributed by atoms with Gasteiger partial charge in [-0.2, -0.15) is 0 Å². The van der Waals surface area contributed by atoms with Gasteiger partial charge in [0.25, 0.3) is 0 Å². The highest BCUT2D eigenvalue weighted by molar-refractivity contribution is 6.32. The van der Waals surface area contributed by atoms with E-state index in [1.54, 1.807) is 26.4 Å². The van der Waals surface area contributed by atoms with E-state index in [1.807, 2.05) is 0 Å². The molecular formula is C9H12ClNO3. The van der Waals surface area contributed by atoms with E-state index in [2.05, 4.69) is 4.84 Å². The zero-order chi connectivity index (χ0) is 10.6. The number of hydrogen-bond donors (Lipinski definition) is 1. The van der Waals surface area contributed by atoms with E-state index in [4.69, 9.17) is 27.0 Å². The van der Waals surface area contributed by atoms with Gasteiger partial charge < -0.3 is 9.47 Å². The van der Waals surface area contributed by atoms with Crippen LogP contribution in [0.5, 0.6) is 11.5 Å². The summed E-state index contributed by atoms with van der Waals surface area (Å²) in [6, 6.07) is 3.39. The van der Waals surface area contributed by atoms with E-state index in [0.717, 1.165) is 5.56 Å². The maximum absolute atomic E-state index is 5.92. The third kappa shape index (κ3) is 2.29. The molecular weight excluding hydrogens is 206 g/mol. The smallest absolute Gasteiger partial charge is 0.141 e. The molecule has 4 nitrogen and oxygen atoms in total. The second-order valence-electron chi connectivity index (χ2n) is 2.61. The molecule has 78 valence electrons. The summed E-state index contributed by atoms with van der Waals surface area (Å²) < 4.78 is 10.2. The Hall–Kier alpha value is -0.970. The molecule has 0 spiro atoms. The number of benzene rings is 1. The first-order valence-electron chi connectivity index (χ1n) is 3.95. The molecule has 5 heteroatoms. The average molecular weight is 218 g/mol. The van der Waals surface area contributed by atoms with Crippen molar-refractivity contribution in [3.05, 3.63) is 22.7 Å². The van der Waals surface area contributed by atoms with Crippen LogP contribution in [0.15, 0.2) is 12.1 Å². The van der Waals surface area contributed by atoms with E-state index in [9.17, 15) is 0 Å². The van der Waals surface area contributed by atoms with Gasteiger partial charge in [0.2, 0.25) is 0 Å². The van der Waals surface area contributed by atoms with Crippen LogP contribution in [-0.4, -0.2) is 14.2 Å². The van der Waals surface area contributed by atoms with Crippen molar-refractivity contribution in [2.75, 3.05) is 14.2 Å². The predicted octanol–water partition coefficient (Wildman–Crippen LogP) is 1.75. The van der Waals surface area contributed by atoms with Gasteiger partial charge in [0.05, 0.1) is 25.8 Å². The van der Waals surface area contributed by atoms with E-state index in [0.29, 0.717) is 16.5 Å². The lowest BCUT2D eigenvalue weighted by molar-refractivity contribution is 0.122. The van der Waals surface area contributed by atoms with Gasteiger partial charge in [-0.15, -0.1) is 0 Å². The molecule has 2 N–H and O–H groups in total. The largest absolute Gasteiger partial charge is 0.496 e. The molecule has 0 radical (unpaired) electrons. The van der Waals surface area contributed by atoms with Crippen LogP contribution in [0.1, 0.15) is 5.56 Å². The number of halogens is 1. The summed E-state index contributed by atoms with van der Waals surface area (Å²) in [5, 5.41) is 0.500. The standard InChI is InChI=1S/C9H12ClNO3/c1-12-8-4-9(13-2)7(10)3-6(8)5-14-11/h3-4H,5,11H2,1-2H3. The maximum atomic E-state index is 5.92. The molecule has 0 aromatic heterocycles. The van der Waals surface area contributed by atoms with E-state index >= 15 is 0 Å². The molecule has 0 saturated heterocycles. The van der Waals surface area contributed by atoms with Gasteiger partial charge in [-0.05, 0) is 6.07 Å². The SMILES string of the molecule is COc1cc(OC)c(CON)cc1Cl. The molecule has 1 rings (SSSR count). The van der Waals surface area contributed by atoms with Crippen LogP contribution >= 0.6 is 11.6 Å². The summed E-state index contributed by atoms with van der Waals surface area (Å²) >= 11 is 5.92. The molecule has 0 aliphatic heterocycles. The Morgan fingerprint density at radius 2 is 1.86 bits per heavy atom. The van der Waals surface area contributed by atoms with Gasteiger partial charge in [0.1, 0.15) is 11.5 Å². The van der Waals surface area contributed by atoms with Crippen LogP contribution < -0.4 is 15.4 Å². The summed E-state index contributed by atoms with van der Waals surface area (Å²) in [6.07, 6.45) is 0. The first-order valence-corrected chi connectivity index (χ1v) is 4.32. The molecule has 1 aromatic carbocycles. The van der Waals surface area contributed by atoms with Gasteiger partial charge in [-0.25, -0.2) is 5.90 Å². The average Bonchev–Trinajstić information content (AvgIpc) is 2.19. The Morgan fingerprint density at radius 3 is 2.36 bits per heavy atom. The Morgan fingerprint density at radius 1 is 1.21 bits per heavy atom. The number of nitrogens with two attached hydrogens (primary N) is 1. The fraction of sp³-hybridized carbons (Fsp3) is 0.333. The van der Waals surface area contributed by atoms with Crippen LogP contribution in [-0.2, 0) is 11.4 Å². The van der Waals surface area contributed by atoms with Crippen LogP contribution in [0.4, 0.5) is 0 Å². The second kappa shape index (κ2) is 5.05. The number of methoxy groups -OCH3 is 2. The van der Waals surface area contributed by atoms with Crippen molar-refractivity contribution in [1.29, 1.82) is 0 Å². The topological polar surface area (TPSA) is 53.7 Å². The molecule has 0 amide bonds. The molecule has 0 fully saturated rings. The Labute approximate surface area is 87.5 Å². The molecule has 0 atom stereocenters. The van der Waals surface area contributed by atoms with Gasteiger partial charge in [0.15, 0.2) is 0 Å². The zero-order valence-corrected chi connectivity index (χ0v) is 8.80. The van der Waals surface area contributed by atoms with Gasteiger partial charge in [0, 0.05) is 11.6 Å². The summed E-state index contributed by atoms with van der Waals surface area (Å²) in [6.45, 7) is 0.243. The Bertz CT molecular complexity index is 317. The summed E-state index contributed by atoms with van der Waals surface area (Å²) in [5.41, 5.74) is 0.779. The predicted molar refractivity (Wildman–Crippen MR) is 53.5 cm³/mol. The molecule has 1 aromatic rings. The highest BCUT2D eigenvalue weighted by Gasteiger charge is 2.09. The van der Waals surface area contributed by atoms with E-state index in [1.165, 1.54) is 0 Å². The fourth-order valence-electron chi connectivity index (χ4n) is 1.12. The lowest BCUT2D eigenvalue weighted by Gasteiger charge is -2.10. The van der Waals surface area contributed by atoms with E-state index in [-0.39, 0.29) is 6.61 Å². The summed E-state index contributed by atoms with van der Waals surface area (Å²) in [5.74, 6) is 6.17. The highest BCUT2D eigenvalue weighted by atomic mass is 35.5. The molecule has 0 unspecified atom stereocenters. The minimum Gasteiger partial charge on any atom is -0.496 e. The quantitative estimate of drug-likeness (QED) is 0.781. The normalized spacial score (nSPS) is 10.0. The highest BCUT2D eigenvalue weighted by Crippen LogP contribution is 2.32. The van der Waals surface area contributed by atoms with Gasteiger partial charge >= 0.3 is 0 Å². The van der Waals surface area contributed by atoms with Crippen LogP contribution in [0.3, 0.4) is 0 Å².